The molecule has 5 heteroatoms. The summed E-state index contributed by atoms with van der Waals surface area (Å²) in [4.78, 5) is 12.5. The van der Waals surface area contributed by atoms with Gasteiger partial charge in [-0.1, -0.05) is 33.7 Å². The van der Waals surface area contributed by atoms with Gasteiger partial charge in [0, 0.05) is 16.0 Å². The smallest absolute Gasteiger partial charge is 0.309 e. The van der Waals surface area contributed by atoms with Crippen LogP contribution in [0.1, 0.15) is 38.2 Å². The van der Waals surface area contributed by atoms with Crippen molar-refractivity contribution in [3.63, 3.8) is 0 Å². The number of carbonyl (C=O) groups excluding carboxylic acids is 1. The van der Waals surface area contributed by atoms with Gasteiger partial charge in [-0.3, -0.25) is 4.79 Å². The second-order valence-electron chi connectivity index (χ2n) is 5.90. The Morgan fingerprint density at radius 2 is 1.80 bits per heavy atom. The van der Waals surface area contributed by atoms with Crippen molar-refractivity contribution >= 4 is 21.9 Å². The van der Waals surface area contributed by atoms with E-state index in [-0.39, 0.29) is 17.8 Å². The van der Waals surface area contributed by atoms with Crippen molar-refractivity contribution in [2.45, 2.75) is 32.6 Å². The Morgan fingerprint density at radius 3 is 2.20 bits per heavy atom. The van der Waals surface area contributed by atoms with Crippen molar-refractivity contribution in [2.75, 3.05) is 21.3 Å². The van der Waals surface area contributed by atoms with Gasteiger partial charge in [0.25, 0.3) is 0 Å². The zero-order chi connectivity index (χ0) is 19.0. The zero-order valence-corrected chi connectivity index (χ0v) is 17.2. The van der Waals surface area contributed by atoms with Gasteiger partial charge in [0.05, 0.1) is 27.2 Å². The molecular formula is C20H27BrO4. The molecule has 0 unspecified atom stereocenters. The molecule has 138 valence electrons. The van der Waals surface area contributed by atoms with Gasteiger partial charge in [-0.15, -0.1) is 6.58 Å². The molecule has 0 aromatic heterocycles. The highest BCUT2D eigenvalue weighted by Gasteiger charge is 2.32. The first kappa shape index (κ1) is 21.3. The molecule has 1 aromatic rings. The SMILES string of the molecule is C=C(C)CC[C@@H](C(=O)OC)[C@@H](/C=C/C)c1c(OC)cc(Br)cc1OC. The van der Waals surface area contributed by atoms with Crippen LogP contribution in [-0.4, -0.2) is 27.3 Å². The summed E-state index contributed by atoms with van der Waals surface area (Å²) < 4.78 is 17.1. The van der Waals surface area contributed by atoms with Crippen LogP contribution in [0.2, 0.25) is 0 Å². The zero-order valence-electron chi connectivity index (χ0n) is 15.6. The molecule has 0 aliphatic heterocycles. The molecule has 0 amide bonds. The first-order chi connectivity index (χ1) is 11.9. The maximum atomic E-state index is 12.5. The van der Waals surface area contributed by atoms with Crippen LogP contribution in [0.5, 0.6) is 11.5 Å². The Bertz CT molecular complexity index is 612. The number of rotatable bonds is 9. The van der Waals surface area contributed by atoms with Crippen LogP contribution in [0.4, 0.5) is 0 Å². The summed E-state index contributed by atoms with van der Waals surface area (Å²) in [6.45, 7) is 7.83. The fourth-order valence-corrected chi connectivity index (χ4v) is 3.29. The van der Waals surface area contributed by atoms with Crippen LogP contribution in [0.25, 0.3) is 0 Å². The van der Waals surface area contributed by atoms with Gasteiger partial charge >= 0.3 is 5.97 Å². The summed E-state index contributed by atoms with van der Waals surface area (Å²) in [5, 5.41) is 0. The van der Waals surface area contributed by atoms with Crippen molar-refractivity contribution in [3.8, 4) is 11.5 Å². The molecule has 0 heterocycles. The third-order valence-corrected chi connectivity index (χ3v) is 4.52. The van der Waals surface area contributed by atoms with Crippen LogP contribution in [-0.2, 0) is 9.53 Å². The van der Waals surface area contributed by atoms with Crippen molar-refractivity contribution < 1.29 is 19.0 Å². The molecule has 2 atom stereocenters. The van der Waals surface area contributed by atoms with Crippen LogP contribution < -0.4 is 9.47 Å². The Kier molecular flexibility index (Phi) is 8.76. The largest absolute Gasteiger partial charge is 0.496 e. The topological polar surface area (TPSA) is 44.8 Å². The maximum absolute atomic E-state index is 12.5. The monoisotopic (exact) mass is 410 g/mol. The molecule has 0 saturated carbocycles. The van der Waals surface area contributed by atoms with Crippen molar-refractivity contribution in [1.82, 2.24) is 0 Å². The second kappa shape index (κ2) is 10.3. The van der Waals surface area contributed by atoms with Gasteiger partial charge in [0.15, 0.2) is 0 Å². The van der Waals surface area contributed by atoms with Crippen LogP contribution in [0.15, 0.2) is 40.9 Å². The Labute approximate surface area is 159 Å². The van der Waals surface area contributed by atoms with Crippen molar-refractivity contribution in [3.05, 3.63) is 46.5 Å². The quantitative estimate of drug-likeness (QED) is 0.410. The summed E-state index contributed by atoms with van der Waals surface area (Å²) in [5.74, 6) is 0.491. The van der Waals surface area contributed by atoms with Gasteiger partial charge in [-0.2, -0.15) is 0 Å². The highest BCUT2D eigenvalue weighted by molar-refractivity contribution is 9.10. The van der Waals surface area contributed by atoms with E-state index in [1.807, 2.05) is 38.1 Å². The van der Waals surface area contributed by atoms with Gasteiger partial charge in [0.1, 0.15) is 11.5 Å². The molecule has 0 saturated heterocycles. The number of carbonyl (C=O) groups is 1. The van der Waals surface area contributed by atoms with Crippen LogP contribution in [0.3, 0.4) is 0 Å². The van der Waals surface area contributed by atoms with E-state index in [9.17, 15) is 4.79 Å². The molecule has 4 nitrogen and oxygen atoms in total. The molecule has 1 aromatic carbocycles. The molecule has 0 aliphatic carbocycles. The highest BCUT2D eigenvalue weighted by Crippen LogP contribution is 2.43. The van der Waals surface area contributed by atoms with Crippen LogP contribution in [0, 0.1) is 5.92 Å². The van der Waals surface area contributed by atoms with E-state index in [1.54, 1.807) is 14.2 Å². The van der Waals surface area contributed by atoms with Gasteiger partial charge in [0.2, 0.25) is 0 Å². The number of hydrogen-bond donors (Lipinski definition) is 0. The lowest BCUT2D eigenvalue weighted by atomic mass is 9.81. The van der Waals surface area contributed by atoms with Crippen molar-refractivity contribution in [2.24, 2.45) is 5.92 Å². The standard InChI is InChI=1S/C20H27BrO4/c1-7-8-15(16(20(22)25-6)10-9-13(2)3)19-17(23-4)11-14(21)12-18(19)24-5/h7-8,11-12,15-16H,2,9-10H2,1,3-6H3/b8-7+/t15-,16-/m1/s1. The van der Waals surface area contributed by atoms with Gasteiger partial charge in [-0.05, 0) is 38.8 Å². The van der Waals surface area contributed by atoms with E-state index >= 15 is 0 Å². The number of esters is 1. The van der Waals surface area contributed by atoms with E-state index < -0.39 is 0 Å². The Balaban J connectivity index is 3.50. The lowest BCUT2D eigenvalue weighted by Crippen LogP contribution is -2.24. The molecule has 0 radical (unpaired) electrons. The number of methoxy groups -OCH3 is 3. The van der Waals surface area contributed by atoms with Gasteiger partial charge in [-0.25, -0.2) is 0 Å². The average molecular weight is 411 g/mol. The highest BCUT2D eigenvalue weighted by atomic mass is 79.9. The van der Waals surface area contributed by atoms with Crippen LogP contribution >= 0.6 is 15.9 Å². The minimum atomic E-state index is -0.359. The molecule has 0 N–H and O–H groups in total. The van der Waals surface area contributed by atoms with Gasteiger partial charge < -0.3 is 14.2 Å². The number of benzene rings is 1. The molecule has 0 fully saturated rings. The first-order valence-corrected chi connectivity index (χ1v) is 8.95. The lowest BCUT2D eigenvalue weighted by Gasteiger charge is -2.26. The first-order valence-electron chi connectivity index (χ1n) is 8.15. The molecule has 25 heavy (non-hydrogen) atoms. The Hall–Kier alpha value is -1.75. The molecule has 0 aliphatic rings. The maximum Gasteiger partial charge on any atom is 0.309 e. The fraction of sp³-hybridized carbons (Fsp3) is 0.450. The summed E-state index contributed by atoms with van der Waals surface area (Å²) in [5.41, 5.74) is 1.87. The lowest BCUT2D eigenvalue weighted by molar-refractivity contribution is -0.146. The molecular weight excluding hydrogens is 384 g/mol. The average Bonchev–Trinajstić information content (AvgIpc) is 2.59. The normalized spacial score (nSPS) is 13.4. The summed E-state index contributed by atoms with van der Waals surface area (Å²) in [6, 6.07) is 3.75. The fourth-order valence-electron chi connectivity index (χ4n) is 2.87. The molecule has 0 spiro atoms. The number of halogens is 1. The van der Waals surface area contributed by atoms with E-state index in [0.29, 0.717) is 17.9 Å². The summed E-state index contributed by atoms with van der Waals surface area (Å²) in [7, 11) is 4.63. The van der Waals surface area contributed by atoms with E-state index in [2.05, 4.69) is 22.5 Å². The third-order valence-electron chi connectivity index (χ3n) is 4.06. The van der Waals surface area contributed by atoms with E-state index in [1.165, 1.54) is 7.11 Å². The number of hydrogen-bond acceptors (Lipinski definition) is 4. The molecule has 0 bridgehead atoms. The van der Waals surface area contributed by atoms with Crippen molar-refractivity contribution in [1.29, 1.82) is 0 Å². The number of allylic oxidation sites excluding steroid dienone is 3. The predicted octanol–water partition coefficient (Wildman–Crippen LogP) is 5.27. The molecule has 1 rings (SSSR count). The predicted molar refractivity (Wildman–Crippen MR) is 104 cm³/mol. The minimum absolute atomic E-state index is 0.227. The summed E-state index contributed by atoms with van der Waals surface area (Å²) in [6.07, 6.45) is 5.31. The minimum Gasteiger partial charge on any atom is -0.496 e. The summed E-state index contributed by atoms with van der Waals surface area (Å²) >= 11 is 3.47. The number of ether oxygens (including phenoxy) is 3. The Morgan fingerprint density at radius 1 is 1.24 bits per heavy atom. The third kappa shape index (κ3) is 5.63. The van der Waals surface area contributed by atoms with E-state index in [0.717, 1.165) is 22.0 Å². The second-order valence-corrected chi connectivity index (χ2v) is 6.82. The van der Waals surface area contributed by atoms with E-state index in [4.69, 9.17) is 14.2 Å².